The number of nitrogens with two attached hydrogens (primary N) is 1. The molecule has 5 heteroatoms. The van der Waals surface area contributed by atoms with E-state index in [-0.39, 0.29) is 0 Å². The highest BCUT2D eigenvalue weighted by molar-refractivity contribution is 9.10. The van der Waals surface area contributed by atoms with Crippen molar-refractivity contribution in [3.63, 3.8) is 0 Å². The summed E-state index contributed by atoms with van der Waals surface area (Å²) in [5, 5.41) is 11.8. The molecule has 0 radical (unpaired) electrons. The highest BCUT2D eigenvalue weighted by Gasteiger charge is 2.24. The van der Waals surface area contributed by atoms with Crippen LogP contribution in [-0.2, 0) is 4.79 Å². The molecule has 4 nitrogen and oxygen atoms in total. The number of hydrogen-bond donors (Lipinski definition) is 2. The second kappa shape index (κ2) is 4.54. The van der Waals surface area contributed by atoms with Crippen LogP contribution in [0.25, 0.3) is 0 Å². The van der Waals surface area contributed by atoms with Crippen molar-refractivity contribution in [3.8, 4) is 6.07 Å². The number of nitriles is 1. The number of benzene rings is 1. The molecule has 3 N–H and O–H groups in total. The van der Waals surface area contributed by atoms with E-state index in [0.29, 0.717) is 10.0 Å². The van der Waals surface area contributed by atoms with E-state index < -0.39 is 11.4 Å². The van der Waals surface area contributed by atoms with Crippen molar-refractivity contribution in [1.29, 1.82) is 5.26 Å². The lowest BCUT2D eigenvalue weighted by Gasteiger charge is -2.23. The van der Waals surface area contributed by atoms with Crippen LogP contribution in [0.4, 0.5) is 5.69 Å². The zero-order chi connectivity index (χ0) is 12.3. The van der Waals surface area contributed by atoms with E-state index in [1.54, 1.807) is 32.0 Å². The van der Waals surface area contributed by atoms with Crippen LogP contribution in [0.1, 0.15) is 19.4 Å². The summed E-state index contributed by atoms with van der Waals surface area (Å²) in [5.41, 5.74) is 5.70. The monoisotopic (exact) mass is 281 g/mol. The van der Waals surface area contributed by atoms with Crippen molar-refractivity contribution < 1.29 is 4.79 Å². The second-order valence-electron chi connectivity index (χ2n) is 3.92. The standard InChI is InChI=1S/C11H12BrN3O/c1-11(2,10(14)16)15-8-4-3-7(6-13)9(12)5-8/h3-5,15H,1-2H3,(H2,14,16). The van der Waals surface area contributed by atoms with Crippen LogP contribution in [0.3, 0.4) is 0 Å². The number of nitrogens with one attached hydrogen (secondary N) is 1. The Morgan fingerprint density at radius 2 is 2.19 bits per heavy atom. The molecule has 0 atom stereocenters. The van der Waals surface area contributed by atoms with Gasteiger partial charge in [0, 0.05) is 10.2 Å². The van der Waals surface area contributed by atoms with E-state index in [2.05, 4.69) is 21.2 Å². The predicted octanol–water partition coefficient (Wildman–Crippen LogP) is 2.00. The third kappa shape index (κ3) is 2.74. The molecule has 1 aromatic rings. The van der Waals surface area contributed by atoms with Crippen LogP contribution in [0.2, 0.25) is 0 Å². The van der Waals surface area contributed by atoms with Gasteiger partial charge < -0.3 is 11.1 Å². The molecule has 0 aliphatic heterocycles. The molecule has 0 spiro atoms. The van der Waals surface area contributed by atoms with Gasteiger partial charge in [-0.3, -0.25) is 4.79 Å². The van der Waals surface area contributed by atoms with Crippen molar-refractivity contribution in [2.45, 2.75) is 19.4 Å². The maximum atomic E-state index is 11.1. The number of amides is 1. The lowest BCUT2D eigenvalue weighted by atomic mass is 10.0. The molecule has 0 unspecified atom stereocenters. The van der Waals surface area contributed by atoms with Gasteiger partial charge in [-0.25, -0.2) is 0 Å². The molecule has 1 rings (SSSR count). The Morgan fingerprint density at radius 3 is 2.62 bits per heavy atom. The zero-order valence-corrected chi connectivity index (χ0v) is 10.6. The molecule has 0 bridgehead atoms. The normalized spacial score (nSPS) is 10.6. The van der Waals surface area contributed by atoms with Gasteiger partial charge in [-0.1, -0.05) is 0 Å². The zero-order valence-electron chi connectivity index (χ0n) is 9.04. The minimum Gasteiger partial charge on any atom is -0.372 e. The van der Waals surface area contributed by atoms with Gasteiger partial charge in [-0.2, -0.15) is 5.26 Å². The molecule has 16 heavy (non-hydrogen) atoms. The first-order valence-corrected chi connectivity index (χ1v) is 5.44. The molecule has 0 saturated heterocycles. The number of halogens is 1. The quantitative estimate of drug-likeness (QED) is 0.889. The smallest absolute Gasteiger partial charge is 0.242 e. The Hall–Kier alpha value is -1.54. The maximum Gasteiger partial charge on any atom is 0.242 e. The highest BCUT2D eigenvalue weighted by atomic mass is 79.9. The average Bonchev–Trinajstić information content (AvgIpc) is 2.17. The van der Waals surface area contributed by atoms with Gasteiger partial charge in [-0.05, 0) is 48.0 Å². The van der Waals surface area contributed by atoms with Crippen molar-refractivity contribution in [2.24, 2.45) is 5.73 Å². The van der Waals surface area contributed by atoms with Crippen molar-refractivity contribution in [1.82, 2.24) is 0 Å². The van der Waals surface area contributed by atoms with Crippen LogP contribution in [-0.4, -0.2) is 11.4 Å². The Balaban J connectivity index is 2.97. The molecule has 0 heterocycles. The summed E-state index contributed by atoms with van der Waals surface area (Å²) in [7, 11) is 0. The summed E-state index contributed by atoms with van der Waals surface area (Å²) in [6, 6.07) is 7.18. The average molecular weight is 282 g/mol. The molecule has 0 aromatic heterocycles. The summed E-state index contributed by atoms with van der Waals surface area (Å²) in [6.07, 6.45) is 0. The molecule has 84 valence electrons. The number of primary amides is 1. The third-order valence-electron chi connectivity index (χ3n) is 2.16. The topological polar surface area (TPSA) is 78.9 Å². The van der Waals surface area contributed by atoms with Gasteiger partial charge in [0.05, 0.1) is 5.56 Å². The largest absolute Gasteiger partial charge is 0.372 e. The first-order chi connectivity index (χ1) is 7.36. The lowest BCUT2D eigenvalue weighted by molar-refractivity contribution is -0.121. The van der Waals surface area contributed by atoms with Crippen LogP contribution in [0.5, 0.6) is 0 Å². The maximum absolute atomic E-state index is 11.1. The first kappa shape index (κ1) is 12.5. The lowest BCUT2D eigenvalue weighted by Crippen LogP contribution is -2.45. The predicted molar refractivity (Wildman–Crippen MR) is 65.8 cm³/mol. The fourth-order valence-electron chi connectivity index (χ4n) is 1.11. The summed E-state index contributed by atoms with van der Waals surface area (Å²) in [6.45, 7) is 3.39. The van der Waals surface area contributed by atoms with Gasteiger partial charge in [0.25, 0.3) is 0 Å². The van der Waals surface area contributed by atoms with Gasteiger partial charge in [-0.15, -0.1) is 0 Å². The summed E-state index contributed by atoms with van der Waals surface area (Å²) in [4.78, 5) is 11.1. The Kier molecular flexibility index (Phi) is 3.55. The van der Waals surface area contributed by atoms with E-state index in [1.807, 2.05) is 6.07 Å². The molecule has 0 aliphatic rings. The minimum atomic E-state index is -0.826. The van der Waals surface area contributed by atoms with E-state index in [4.69, 9.17) is 11.0 Å². The van der Waals surface area contributed by atoms with Crippen LogP contribution in [0, 0.1) is 11.3 Å². The molecule has 0 saturated carbocycles. The van der Waals surface area contributed by atoms with Gasteiger partial charge in [0.2, 0.25) is 5.91 Å². The van der Waals surface area contributed by atoms with Crippen molar-refractivity contribution in [2.75, 3.05) is 5.32 Å². The van der Waals surface area contributed by atoms with E-state index in [9.17, 15) is 4.79 Å². The van der Waals surface area contributed by atoms with Crippen molar-refractivity contribution in [3.05, 3.63) is 28.2 Å². The van der Waals surface area contributed by atoms with Crippen LogP contribution in [0.15, 0.2) is 22.7 Å². The highest BCUT2D eigenvalue weighted by Crippen LogP contribution is 2.23. The van der Waals surface area contributed by atoms with E-state index in [1.165, 1.54) is 0 Å². The molecule has 0 fully saturated rings. The number of anilines is 1. The minimum absolute atomic E-state index is 0.437. The summed E-state index contributed by atoms with van der Waals surface area (Å²) >= 11 is 3.27. The molecule has 0 aliphatic carbocycles. The Labute approximate surface area is 103 Å². The summed E-state index contributed by atoms with van der Waals surface area (Å²) in [5.74, 6) is -0.437. The molecular weight excluding hydrogens is 270 g/mol. The number of nitrogens with zero attached hydrogens (tertiary/aromatic N) is 1. The molecular formula is C11H12BrN3O. The first-order valence-electron chi connectivity index (χ1n) is 4.64. The van der Waals surface area contributed by atoms with Gasteiger partial charge in [0.1, 0.15) is 11.6 Å². The van der Waals surface area contributed by atoms with Crippen molar-refractivity contribution >= 4 is 27.5 Å². The molecule has 1 amide bonds. The fourth-order valence-corrected chi connectivity index (χ4v) is 1.57. The van der Waals surface area contributed by atoms with Gasteiger partial charge in [0.15, 0.2) is 0 Å². The number of carbonyl (C=O) groups is 1. The number of hydrogen-bond acceptors (Lipinski definition) is 3. The van der Waals surface area contributed by atoms with Gasteiger partial charge >= 0.3 is 0 Å². The Morgan fingerprint density at radius 1 is 1.56 bits per heavy atom. The number of rotatable bonds is 3. The third-order valence-corrected chi connectivity index (χ3v) is 2.82. The van der Waals surface area contributed by atoms with E-state index >= 15 is 0 Å². The number of carbonyl (C=O) groups excluding carboxylic acids is 1. The van der Waals surface area contributed by atoms with Crippen LogP contribution < -0.4 is 11.1 Å². The Bertz CT molecular complexity index is 463. The van der Waals surface area contributed by atoms with Crippen LogP contribution >= 0.6 is 15.9 Å². The fraction of sp³-hybridized carbons (Fsp3) is 0.273. The summed E-state index contributed by atoms with van der Waals surface area (Å²) < 4.78 is 0.681. The second-order valence-corrected chi connectivity index (χ2v) is 4.78. The SMILES string of the molecule is CC(C)(Nc1ccc(C#N)c(Br)c1)C(N)=O. The molecule has 1 aromatic carbocycles. The van der Waals surface area contributed by atoms with E-state index in [0.717, 1.165) is 5.69 Å².